The molecule has 15 heavy (non-hydrogen) atoms. The minimum Gasteiger partial charge on any atom is -0.469 e. The fourth-order valence-electron chi connectivity index (χ4n) is 1.85. The van der Waals surface area contributed by atoms with Crippen molar-refractivity contribution >= 4 is 5.97 Å². The maximum atomic E-state index is 11.4. The first-order valence-electron chi connectivity index (χ1n) is 4.96. The topological polar surface area (TPSA) is 35.5 Å². The van der Waals surface area contributed by atoms with Crippen molar-refractivity contribution in [3.05, 3.63) is 11.6 Å². The summed E-state index contributed by atoms with van der Waals surface area (Å²) in [5.41, 5.74) is 1.17. The van der Waals surface area contributed by atoms with Crippen LogP contribution < -0.4 is 0 Å². The van der Waals surface area contributed by atoms with E-state index in [-0.39, 0.29) is 18.0 Å². The van der Waals surface area contributed by atoms with Crippen molar-refractivity contribution in [2.24, 2.45) is 5.92 Å². The number of carbonyl (C=O) groups is 1. The second kappa shape index (κ2) is 5.57. The molecule has 82 valence electrons. The van der Waals surface area contributed by atoms with Crippen molar-refractivity contribution in [1.82, 2.24) is 0 Å². The van der Waals surface area contributed by atoms with E-state index >= 15 is 0 Å². The smallest absolute Gasteiger partial charge is 0.311 e. The number of terminal acetylenes is 1. The van der Waals surface area contributed by atoms with E-state index in [0.717, 1.165) is 12.8 Å². The van der Waals surface area contributed by atoms with E-state index in [4.69, 9.17) is 15.9 Å². The predicted molar refractivity (Wildman–Crippen MR) is 57.1 cm³/mol. The third kappa shape index (κ3) is 2.84. The zero-order valence-corrected chi connectivity index (χ0v) is 9.16. The van der Waals surface area contributed by atoms with Gasteiger partial charge in [0.25, 0.3) is 0 Å². The molecule has 0 N–H and O–H groups in total. The summed E-state index contributed by atoms with van der Waals surface area (Å²) in [6, 6.07) is 0. The number of hydrogen-bond acceptors (Lipinski definition) is 3. The highest BCUT2D eigenvalue weighted by Crippen LogP contribution is 2.28. The lowest BCUT2D eigenvalue weighted by Crippen LogP contribution is -2.32. The van der Waals surface area contributed by atoms with Gasteiger partial charge in [-0.2, -0.15) is 0 Å². The minimum atomic E-state index is -0.210. The Morgan fingerprint density at radius 1 is 1.67 bits per heavy atom. The summed E-state index contributed by atoms with van der Waals surface area (Å²) in [5, 5.41) is 0. The Morgan fingerprint density at radius 3 is 2.93 bits per heavy atom. The highest BCUT2D eigenvalue weighted by atomic mass is 16.5. The lowest BCUT2D eigenvalue weighted by Gasteiger charge is -2.26. The fraction of sp³-hybridized carbons (Fsp3) is 0.583. The maximum absolute atomic E-state index is 11.4. The average Bonchev–Trinajstić information content (AvgIpc) is 2.28. The lowest BCUT2D eigenvalue weighted by atomic mass is 9.86. The van der Waals surface area contributed by atoms with Crippen LogP contribution in [0, 0.1) is 18.3 Å². The summed E-state index contributed by atoms with van der Waals surface area (Å²) in [5.74, 6) is 2.20. The van der Waals surface area contributed by atoms with Crippen molar-refractivity contribution in [1.29, 1.82) is 0 Å². The Kier molecular flexibility index (Phi) is 4.38. The molecule has 1 aliphatic carbocycles. The van der Waals surface area contributed by atoms with Gasteiger partial charge in [0.1, 0.15) is 0 Å². The molecular formula is C12H16O3. The molecule has 0 spiro atoms. The molecule has 0 radical (unpaired) electrons. The molecule has 0 amide bonds. The van der Waals surface area contributed by atoms with Crippen molar-refractivity contribution in [2.75, 3.05) is 14.2 Å². The van der Waals surface area contributed by atoms with Gasteiger partial charge < -0.3 is 9.47 Å². The zero-order valence-electron chi connectivity index (χ0n) is 9.16. The molecule has 2 atom stereocenters. The Hall–Kier alpha value is -1.27. The van der Waals surface area contributed by atoms with Gasteiger partial charge in [-0.25, -0.2) is 0 Å². The molecule has 0 fully saturated rings. The van der Waals surface area contributed by atoms with E-state index in [2.05, 4.69) is 5.92 Å². The highest BCUT2D eigenvalue weighted by molar-refractivity contribution is 5.73. The molecule has 0 saturated carbocycles. The van der Waals surface area contributed by atoms with Gasteiger partial charge in [-0.05, 0) is 12.8 Å². The molecule has 0 heterocycles. The van der Waals surface area contributed by atoms with E-state index < -0.39 is 0 Å². The van der Waals surface area contributed by atoms with E-state index in [1.54, 1.807) is 7.11 Å². The zero-order chi connectivity index (χ0) is 11.3. The van der Waals surface area contributed by atoms with Crippen LogP contribution in [0.2, 0.25) is 0 Å². The molecule has 0 aromatic carbocycles. The summed E-state index contributed by atoms with van der Waals surface area (Å²) in [6.45, 7) is 0. The summed E-state index contributed by atoms with van der Waals surface area (Å²) >= 11 is 0. The third-order valence-electron chi connectivity index (χ3n) is 2.68. The van der Waals surface area contributed by atoms with E-state index in [9.17, 15) is 4.79 Å². The van der Waals surface area contributed by atoms with E-state index in [1.807, 2.05) is 6.08 Å². The van der Waals surface area contributed by atoms with Crippen molar-refractivity contribution in [2.45, 2.75) is 25.4 Å². The van der Waals surface area contributed by atoms with E-state index in [1.165, 1.54) is 12.7 Å². The highest BCUT2D eigenvalue weighted by Gasteiger charge is 2.31. The van der Waals surface area contributed by atoms with Crippen molar-refractivity contribution in [3.63, 3.8) is 0 Å². The Morgan fingerprint density at radius 2 is 2.40 bits per heavy atom. The normalized spacial score (nSPS) is 25.3. The number of carbonyl (C=O) groups excluding carboxylic acids is 1. The first kappa shape index (κ1) is 11.8. The molecule has 3 heteroatoms. The summed E-state index contributed by atoms with van der Waals surface area (Å²) < 4.78 is 9.99. The van der Waals surface area contributed by atoms with Crippen LogP contribution in [0.15, 0.2) is 11.6 Å². The van der Waals surface area contributed by atoms with Gasteiger partial charge in [0.05, 0.1) is 19.1 Å². The Balaban J connectivity index is 2.74. The largest absolute Gasteiger partial charge is 0.469 e. The fourth-order valence-corrected chi connectivity index (χ4v) is 1.85. The molecular weight excluding hydrogens is 192 g/mol. The predicted octanol–water partition coefficient (Wildman–Crippen LogP) is 1.53. The van der Waals surface area contributed by atoms with Crippen molar-refractivity contribution < 1.29 is 14.3 Å². The SMILES string of the molecule is C#CCC1=C[C@H](OC)[C@@H](C(=O)OC)CC1. The number of rotatable bonds is 3. The molecule has 0 bridgehead atoms. The number of ether oxygens (including phenoxy) is 2. The first-order valence-corrected chi connectivity index (χ1v) is 4.96. The van der Waals surface area contributed by atoms with Gasteiger partial charge in [-0.3, -0.25) is 4.79 Å². The van der Waals surface area contributed by atoms with Crippen LogP contribution in [0.3, 0.4) is 0 Å². The molecule has 0 saturated heterocycles. The monoisotopic (exact) mass is 208 g/mol. The van der Waals surface area contributed by atoms with Gasteiger partial charge in [-0.15, -0.1) is 12.3 Å². The van der Waals surface area contributed by atoms with Crippen LogP contribution in [-0.2, 0) is 14.3 Å². The van der Waals surface area contributed by atoms with Crippen molar-refractivity contribution in [3.8, 4) is 12.3 Å². The number of methoxy groups -OCH3 is 2. The maximum Gasteiger partial charge on any atom is 0.311 e. The minimum absolute atomic E-state index is 0.193. The van der Waals surface area contributed by atoms with Crippen LogP contribution >= 0.6 is 0 Å². The molecule has 0 aliphatic heterocycles. The lowest BCUT2D eigenvalue weighted by molar-refractivity contribution is -0.149. The molecule has 0 aromatic rings. The van der Waals surface area contributed by atoms with Crippen LogP contribution in [-0.4, -0.2) is 26.3 Å². The van der Waals surface area contributed by atoms with E-state index in [0.29, 0.717) is 6.42 Å². The average molecular weight is 208 g/mol. The summed E-state index contributed by atoms with van der Waals surface area (Å²) in [7, 11) is 2.99. The number of allylic oxidation sites excluding steroid dienone is 1. The molecule has 0 aromatic heterocycles. The Labute approximate surface area is 90.4 Å². The molecule has 1 aliphatic rings. The van der Waals surface area contributed by atoms with Crippen LogP contribution in [0.4, 0.5) is 0 Å². The summed E-state index contributed by atoms with van der Waals surface area (Å²) in [6.07, 6.45) is 9.23. The van der Waals surface area contributed by atoms with Gasteiger partial charge in [0, 0.05) is 13.5 Å². The van der Waals surface area contributed by atoms with Gasteiger partial charge in [0.15, 0.2) is 0 Å². The number of esters is 1. The van der Waals surface area contributed by atoms with Crippen LogP contribution in [0.25, 0.3) is 0 Å². The van der Waals surface area contributed by atoms with Gasteiger partial charge in [0.2, 0.25) is 0 Å². The van der Waals surface area contributed by atoms with Gasteiger partial charge >= 0.3 is 5.97 Å². The van der Waals surface area contributed by atoms with Gasteiger partial charge in [-0.1, -0.05) is 11.6 Å². The first-order chi connectivity index (χ1) is 7.22. The second-order valence-electron chi connectivity index (χ2n) is 3.57. The molecule has 0 unspecified atom stereocenters. The molecule has 3 nitrogen and oxygen atoms in total. The molecule has 1 rings (SSSR count). The number of hydrogen-bond donors (Lipinski definition) is 0. The van der Waals surface area contributed by atoms with Crippen LogP contribution in [0.1, 0.15) is 19.3 Å². The van der Waals surface area contributed by atoms with Crippen LogP contribution in [0.5, 0.6) is 0 Å². The third-order valence-corrected chi connectivity index (χ3v) is 2.68. The summed E-state index contributed by atoms with van der Waals surface area (Å²) in [4.78, 5) is 11.4. The Bertz CT molecular complexity index is 298. The second-order valence-corrected chi connectivity index (χ2v) is 3.57. The standard InChI is InChI=1S/C12H16O3/c1-4-5-9-6-7-10(12(13)15-3)11(8-9)14-2/h1,8,10-11H,5-7H2,2-3H3/t10-,11-/m0/s1. The quantitative estimate of drug-likeness (QED) is 0.401.